The first-order valence-electron chi connectivity index (χ1n) is 6.55. The molecular formula is C12H21N3O2. The van der Waals surface area contributed by atoms with Crippen LogP contribution in [0.3, 0.4) is 0 Å². The minimum Gasteiger partial charge on any atom is -0.353 e. The molecule has 0 bridgehead atoms. The summed E-state index contributed by atoms with van der Waals surface area (Å²) in [5.74, 6) is -0.0472. The summed E-state index contributed by atoms with van der Waals surface area (Å²) in [4.78, 5) is 25.1. The molecule has 0 aromatic rings. The molecule has 2 amide bonds. The lowest BCUT2D eigenvalue weighted by atomic mass is 10.1. The van der Waals surface area contributed by atoms with Gasteiger partial charge in [0.15, 0.2) is 0 Å². The normalized spacial score (nSPS) is 25.6. The summed E-state index contributed by atoms with van der Waals surface area (Å²) in [7, 11) is 0. The molecular weight excluding hydrogens is 218 g/mol. The number of hydrogen-bond acceptors (Lipinski definition) is 3. The number of likely N-dealkylation sites (tertiary alicyclic amines) is 1. The predicted molar refractivity (Wildman–Crippen MR) is 64.5 cm³/mol. The van der Waals surface area contributed by atoms with Crippen LogP contribution in [0.25, 0.3) is 0 Å². The van der Waals surface area contributed by atoms with Gasteiger partial charge in [-0.05, 0) is 32.4 Å². The summed E-state index contributed by atoms with van der Waals surface area (Å²) in [5.41, 5.74) is 0. The van der Waals surface area contributed by atoms with Crippen molar-refractivity contribution in [3.05, 3.63) is 0 Å². The van der Waals surface area contributed by atoms with Gasteiger partial charge >= 0.3 is 0 Å². The van der Waals surface area contributed by atoms with E-state index in [0.29, 0.717) is 19.4 Å². The number of carbonyl (C=O) groups excluding carboxylic acids is 2. The fraction of sp³-hybridized carbons (Fsp3) is 0.833. The number of nitrogens with zero attached hydrogens (tertiary/aromatic N) is 1. The van der Waals surface area contributed by atoms with Gasteiger partial charge in [-0.3, -0.25) is 9.59 Å². The van der Waals surface area contributed by atoms with Crippen molar-refractivity contribution in [2.45, 2.75) is 38.1 Å². The van der Waals surface area contributed by atoms with Crippen molar-refractivity contribution in [2.24, 2.45) is 0 Å². The molecule has 2 aliphatic rings. The van der Waals surface area contributed by atoms with Gasteiger partial charge in [-0.1, -0.05) is 6.42 Å². The van der Waals surface area contributed by atoms with Crippen LogP contribution in [0.5, 0.6) is 0 Å². The lowest BCUT2D eigenvalue weighted by molar-refractivity contribution is -0.125. The van der Waals surface area contributed by atoms with E-state index in [4.69, 9.17) is 0 Å². The zero-order chi connectivity index (χ0) is 12.1. The molecule has 2 rings (SSSR count). The Kier molecular flexibility index (Phi) is 4.36. The number of hydrogen-bond donors (Lipinski definition) is 2. The lowest BCUT2D eigenvalue weighted by Crippen LogP contribution is -2.44. The van der Waals surface area contributed by atoms with Crippen LogP contribution in [0.1, 0.15) is 32.1 Å². The van der Waals surface area contributed by atoms with Crippen LogP contribution in [0.4, 0.5) is 0 Å². The van der Waals surface area contributed by atoms with Crippen LogP contribution < -0.4 is 10.6 Å². The van der Waals surface area contributed by atoms with Crippen molar-refractivity contribution in [1.29, 1.82) is 0 Å². The second-order valence-electron chi connectivity index (χ2n) is 4.85. The van der Waals surface area contributed by atoms with Gasteiger partial charge in [-0.25, -0.2) is 0 Å². The van der Waals surface area contributed by atoms with E-state index in [9.17, 15) is 9.59 Å². The molecule has 5 nitrogen and oxygen atoms in total. The second-order valence-corrected chi connectivity index (χ2v) is 4.85. The van der Waals surface area contributed by atoms with Crippen LogP contribution in [0.2, 0.25) is 0 Å². The first-order valence-corrected chi connectivity index (χ1v) is 6.55. The monoisotopic (exact) mass is 239 g/mol. The highest BCUT2D eigenvalue weighted by Crippen LogP contribution is 2.08. The van der Waals surface area contributed by atoms with Gasteiger partial charge in [0.2, 0.25) is 11.8 Å². The topological polar surface area (TPSA) is 61.4 Å². The van der Waals surface area contributed by atoms with Crippen LogP contribution >= 0.6 is 0 Å². The Hall–Kier alpha value is -1.10. The fourth-order valence-corrected chi connectivity index (χ4v) is 2.45. The summed E-state index contributed by atoms with van der Waals surface area (Å²) in [6, 6.07) is -0.302. The van der Waals surface area contributed by atoms with E-state index in [1.165, 1.54) is 19.3 Å². The number of carbonyl (C=O) groups is 2. The maximum Gasteiger partial charge on any atom is 0.242 e. The quantitative estimate of drug-likeness (QED) is 0.718. The summed E-state index contributed by atoms with van der Waals surface area (Å²) in [6.45, 7) is 3.91. The first kappa shape index (κ1) is 12.4. The molecule has 0 aromatic heterocycles. The van der Waals surface area contributed by atoms with Crippen molar-refractivity contribution in [3.63, 3.8) is 0 Å². The first-order chi connectivity index (χ1) is 8.25. The van der Waals surface area contributed by atoms with Gasteiger partial charge in [-0.2, -0.15) is 0 Å². The molecule has 1 unspecified atom stereocenters. The largest absolute Gasteiger partial charge is 0.353 e. The van der Waals surface area contributed by atoms with Gasteiger partial charge < -0.3 is 15.5 Å². The molecule has 2 fully saturated rings. The predicted octanol–water partition coefficient (Wildman–Crippen LogP) is -0.133. The van der Waals surface area contributed by atoms with Gasteiger partial charge in [0.1, 0.15) is 6.04 Å². The molecule has 2 heterocycles. The zero-order valence-electron chi connectivity index (χ0n) is 10.2. The number of piperidine rings is 1. The molecule has 96 valence electrons. The van der Waals surface area contributed by atoms with Crippen LogP contribution in [-0.2, 0) is 9.59 Å². The van der Waals surface area contributed by atoms with Crippen molar-refractivity contribution >= 4 is 11.8 Å². The second kappa shape index (κ2) is 6.00. The molecule has 17 heavy (non-hydrogen) atoms. The molecule has 2 aliphatic heterocycles. The summed E-state index contributed by atoms with van der Waals surface area (Å²) in [5, 5.41) is 5.57. The van der Waals surface area contributed by atoms with Gasteiger partial charge in [0.05, 0.1) is 0 Å². The summed E-state index contributed by atoms with van der Waals surface area (Å²) >= 11 is 0. The average Bonchev–Trinajstić information content (AvgIpc) is 2.77. The van der Waals surface area contributed by atoms with E-state index in [0.717, 1.165) is 19.6 Å². The Morgan fingerprint density at radius 1 is 1.35 bits per heavy atom. The molecule has 0 radical (unpaired) electrons. The van der Waals surface area contributed by atoms with Crippen molar-refractivity contribution < 1.29 is 9.59 Å². The summed E-state index contributed by atoms with van der Waals surface area (Å²) in [6.07, 6.45) is 4.98. The Morgan fingerprint density at radius 2 is 2.12 bits per heavy atom. The molecule has 5 heteroatoms. The van der Waals surface area contributed by atoms with E-state index in [2.05, 4.69) is 15.5 Å². The van der Waals surface area contributed by atoms with Crippen LogP contribution in [0.15, 0.2) is 0 Å². The maximum atomic E-state index is 11.7. The van der Waals surface area contributed by atoms with Crippen molar-refractivity contribution in [3.8, 4) is 0 Å². The average molecular weight is 239 g/mol. The zero-order valence-corrected chi connectivity index (χ0v) is 10.2. The third-order valence-corrected chi connectivity index (χ3v) is 3.49. The summed E-state index contributed by atoms with van der Waals surface area (Å²) < 4.78 is 0. The SMILES string of the molecule is O=C1CCC(C(=O)NCCN2CCCCC2)N1. The van der Waals surface area contributed by atoms with E-state index in [-0.39, 0.29) is 17.9 Å². The standard InChI is InChI=1S/C12H21N3O2/c16-11-5-4-10(14-11)12(17)13-6-9-15-7-2-1-3-8-15/h10H,1-9H2,(H,13,17)(H,14,16). The highest BCUT2D eigenvalue weighted by atomic mass is 16.2. The number of amides is 2. The van der Waals surface area contributed by atoms with Crippen LogP contribution in [0, 0.1) is 0 Å². The lowest BCUT2D eigenvalue weighted by Gasteiger charge is -2.26. The van der Waals surface area contributed by atoms with Gasteiger partial charge in [0.25, 0.3) is 0 Å². The molecule has 0 saturated carbocycles. The Morgan fingerprint density at radius 3 is 2.76 bits per heavy atom. The fourth-order valence-electron chi connectivity index (χ4n) is 2.45. The molecule has 0 aliphatic carbocycles. The molecule has 0 aromatic carbocycles. The molecule has 0 spiro atoms. The van der Waals surface area contributed by atoms with Crippen molar-refractivity contribution in [1.82, 2.24) is 15.5 Å². The number of nitrogens with one attached hydrogen (secondary N) is 2. The van der Waals surface area contributed by atoms with E-state index in [1.54, 1.807) is 0 Å². The van der Waals surface area contributed by atoms with Gasteiger partial charge in [0, 0.05) is 19.5 Å². The maximum absolute atomic E-state index is 11.7. The molecule has 1 atom stereocenters. The van der Waals surface area contributed by atoms with E-state index >= 15 is 0 Å². The Bertz CT molecular complexity index is 287. The number of rotatable bonds is 4. The molecule has 2 N–H and O–H groups in total. The highest BCUT2D eigenvalue weighted by Gasteiger charge is 2.26. The van der Waals surface area contributed by atoms with E-state index < -0.39 is 0 Å². The van der Waals surface area contributed by atoms with Crippen molar-refractivity contribution in [2.75, 3.05) is 26.2 Å². The third kappa shape index (κ3) is 3.70. The van der Waals surface area contributed by atoms with Gasteiger partial charge in [-0.15, -0.1) is 0 Å². The van der Waals surface area contributed by atoms with Crippen LogP contribution in [-0.4, -0.2) is 48.9 Å². The minimum atomic E-state index is -0.302. The highest BCUT2D eigenvalue weighted by molar-refractivity contribution is 5.90. The van der Waals surface area contributed by atoms with E-state index in [1.807, 2.05) is 0 Å². The Balaban J connectivity index is 1.61. The minimum absolute atomic E-state index is 0.0128. The smallest absolute Gasteiger partial charge is 0.242 e. The third-order valence-electron chi connectivity index (χ3n) is 3.49. The molecule has 2 saturated heterocycles. The Labute approximate surface area is 102 Å².